The van der Waals surface area contributed by atoms with Gasteiger partial charge in [0.1, 0.15) is 39.7 Å². The Kier molecular flexibility index (Phi) is 17.5. The largest absolute Gasteiger partial charge is 0.498 e. The second-order valence-electron chi connectivity index (χ2n) is 25.6. The standard InChI is InChI=1S/C25H29N7O2.C22H26ClN5O2.C14H23BN2O4/c1-16-10-23-26-13-21(32(23)15-19(16)17-11-27-28-12-17)20-6-5-7-22(30-20)29-18-8-9-31(14-18)24(33)34-25(2,3)4;1-14-10-20-24-11-18(28(20)13-16(14)23)17-6-5-7-19(26-17)25-15-8-9-27(12-15)21(29)30-22(2,3)4;1-12(2,3)19-11(18)17-9-10(8-16-17)15-20-13(4,5)14(6,7)21-15/h5-7,10-13,15,18H,8-9,14H2,1-4H3,(H,27,28)(H,29,30);5-7,10-11,13,15H,8-9,12H2,1-4H3,(H,25,26);8-9H,1-7H3. The summed E-state index contributed by atoms with van der Waals surface area (Å²) in [6.07, 6.45) is 15.1. The molecular formula is C61H78BClN14O8. The van der Waals surface area contributed by atoms with Gasteiger partial charge in [-0.25, -0.2) is 34.3 Å². The molecule has 0 bridgehead atoms. The summed E-state index contributed by atoms with van der Waals surface area (Å²) in [6.45, 7) is 31.1. The van der Waals surface area contributed by atoms with Crippen molar-refractivity contribution in [2.24, 2.45) is 0 Å². The summed E-state index contributed by atoms with van der Waals surface area (Å²) in [5, 5.41) is 18.6. The van der Waals surface area contributed by atoms with Crippen LogP contribution in [0.2, 0.25) is 5.02 Å². The Balaban J connectivity index is 0.000000157. The fourth-order valence-electron chi connectivity index (χ4n) is 9.62. The molecule has 0 saturated carbocycles. The molecule has 8 aromatic rings. The van der Waals surface area contributed by atoms with Crippen molar-refractivity contribution in [3.63, 3.8) is 0 Å². The molecule has 11 heterocycles. The molecule has 3 N–H and O–H groups in total. The van der Waals surface area contributed by atoms with Gasteiger partial charge in [0.05, 0.1) is 57.6 Å². The highest BCUT2D eigenvalue weighted by Gasteiger charge is 2.52. The number of ether oxygens (including phenoxy) is 3. The Hall–Kier alpha value is -8.02. The van der Waals surface area contributed by atoms with E-state index in [1.807, 2.05) is 169 Å². The van der Waals surface area contributed by atoms with Gasteiger partial charge in [-0.15, -0.1) is 0 Å². The van der Waals surface area contributed by atoms with Crippen molar-refractivity contribution in [1.82, 2.24) is 58.5 Å². The summed E-state index contributed by atoms with van der Waals surface area (Å²) in [4.78, 5) is 58.8. The summed E-state index contributed by atoms with van der Waals surface area (Å²) >= 11 is 6.30. The second kappa shape index (κ2) is 24.2. The maximum absolute atomic E-state index is 12.4. The maximum atomic E-state index is 12.4. The van der Waals surface area contributed by atoms with Gasteiger partial charge >= 0.3 is 25.4 Å². The predicted molar refractivity (Wildman–Crippen MR) is 328 cm³/mol. The number of amides is 2. The van der Waals surface area contributed by atoms with Crippen LogP contribution in [0.15, 0.2) is 98.1 Å². The number of carbonyl (C=O) groups excluding carboxylic acids is 3. The predicted octanol–water partition coefficient (Wildman–Crippen LogP) is 11.3. The SMILES string of the molecule is CC(C)(C)OC(=O)n1cc(B2OC(C)(C)C(C)(C)O2)cn1.Cc1cc2ncc(-c3cccc(NC4CCN(C(=O)OC(C)(C)C)C4)n3)n2cc1-c1cn[nH]c1.Cc1cc2ncc(-c3cccc(NC4CCN(C(=O)OC(C)(C)C)C4)n3)n2cc1Cl. The lowest BCUT2D eigenvalue weighted by Gasteiger charge is -2.32. The lowest BCUT2D eigenvalue weighted by atomic mass is 9.82. The van der Waals surface area contributed by atoms with E-state index >= 15 is 0 Å². The molecule has 8 aromatic heterocycles. The summed E-state index contributed by atoms with van der Waals surface area (Å²) in [5.74, 6) is 1.53. The van der Waals surface area contributed by atoms with E-state index in [1.54, 1.807) is 28.4 Å². The van der Waals surface area contributed by atoms with Crippen molar-refractivity contribution in [1.29, 1.82) is 0 Å². The molecule has 24 heteroatoms. The first-order chi connectivity index (χ1) is 39.9. The van der Waals surface area contributed by atoms with E-state index in [0.717, 1.165) is 85.5 Å². The fourth-order valence-corrected chi connectivity index (χ4v) is 9.77. The first-order valence-corrected chi connectivity index (χ1v) is 28.9. The number of likely N-dealkylation sites (tertiary alicyclic amines) is 2. The molecule has 0 aromatic carbocycles. The third kappa shape index (κ3) is 15.1. The van der Waals surface area contributed by atoms with Gasteiger partial charge in [-0.3, -0.25) is 13.9 Å². The number of hydrogen-bond donors (Lipinski definition) is 3. The third-order valence-electron chi connectivity index (χ3n) is 14.6. The van der Waals surface area contributed by atoms with Gasteiger partial charge in [0.2, 0.25) is 0 Å². The summed E-state index contributed by atoms with van der Waals surface area (Å²) in [7, 11) is -0.536. The van der Waals surface area contributed by atoms with E-state index < -0.39 is 41.2 Å². The second-order valence-corrected chi connectivity index (χ2v) is 26.0. The number of H-pyrrole nitrogens is 1. The zero-order chi connectivity index (χ0) is 61.4. The average molecular weight is 1180 g/mol. The van der Waals surface area contributed by atoms with Crippen LogP contribution in [0.5, 0.6) is 0 Å². The number of nitrogens with one attached hydrogen (secondary N) is 3. The molecular weight excluding hydrogens is 1100 g/mol. The molecule has 11 rings (SSSR count). The number of fused-ring (bicyclic) bond motifs is 2. The highest BCUT2D eigenvalue weighted by molar-refractivity contribution is 6.62. The quantitative estimate of drug-likeness (QED) is 0.0947. The van der Waals surface area contributed by atoms with Crippen LogP contribution in [0.4, 0.5) is 26.0 Å². The highest BCUT2D eigenvalue weighted by Crippen LogP contribution is 2.37. The molecule has 3 aliphatic rings. The Morgan fingerprint density at radius 3 is 1.62 bits per heavy atom. The van der Waals surface area contributed by atoms with Crippen molar-refractivity contribution >= 4 is 65.4 Å². The lowest BCUT2D eigenvalue weighted by molar-refractivity contribution is 0.00578. The van der Waals surface area contributed by atoms with Crippen LogP contribution in [0.3, 0.4) is 0 Å². The Labute approximate surface area is 501 Å². The van der Waals surface area contributed by atoms with Crippen molar-refractivity contribution in [3.8, 4) is 33.9 Å². The number of rotatable bonds is 8. The number of aromatic amines is 1. The molecule has 3 aliphatic heterocycles. The van der Waals surface area contributed by atoms with Crippen molar-refractivity contribution in [2.75, 3.05) is 36.8 Å². The minimum absolute atomic E-state index is 0.118. The molecule has 3 saturated heterocycles. The van der Waals surface area contributed by atoms with Gasteiger partial charge in [-0.05, 0) is 164 Å². The monoisotopic (exact) mass is 1180 g/mol. The van der Waals surface area contributed by atoms with E-state index in [9.17, 15) is 14.4 Å². The normalized spacial score (nSPS) is 17.5. The lowest BCUT2D eigenvalue weighted by Crippen LogP contribution is -2.41. The molecule has 2 atom stereocenters. The summed E-state index contributed by atoms with van der Waals surface area (Å²) in [6, 6.07) is 16.0. The van der Waals surface area contributed by atoms with Gasteiger partial charge in [0.15, 0.2) is 0 Å². The minimum Gasteiger partial charge on any atom is -0.444 e. The molecule has 0 spiro atoms. The van der Waals surface area contributed by atoms with Crippen LogP contribution in [0.25, 0.3) is 45.2 Å². The van der Waals surface area contributed by atoms with Crippen LogP contribution >= 0.6 is 11.6 Å². The van der Waals surface area contributed by atoms with Crippen LogP contribution in [-0.2, 0) is 23.5 Å². The molecule has 22 nitrogen and oxygen atoms in total. The summed E-state index contributed by atoms with van der Waals surface area (Å²) in [5.41, 5.74) is 7.62. The molecule has 450 valence electrons. The van der Waals surface area contributed by atoms with Crippen LogP contribution in [0.1, 0.15) is 114 Å². The zero-order valence-corrected chi connectivity index (χ0v) is 52.0. The first-order valence-electron chi connectivity index (χ1n) is 28.5. The third-order valence-corrected chi connectivity index (χ3v) is 15.0. The maximum Gasteiger partial charge on any atom is 0.498 e. The van der Waals surface area contributed by atoms with Gasteiger partial charge in [0.25, 0.3) is 0 Å². The zero-order valence-electron chi connectivity index (χ0n) is 51.3. The number of imidazole rings is 2. The minimum atomic E-state index is -0.562. The van der Waals surface area contributed by atoms with Gasteiger partial charge in [0, 0.05) is 85.8 Å². The molecule has 2 unspecified atom stereocenters. The number of anilines is 2. The average Bonchev–Trinajstić information content (AvgIpc) is 2.43. The van der Waals surface area contributed by atoms with E-state index in [1.165, 1.54) is 0 Å². The number of halogens is 1. The van der Waals surface area contributed by atoms with Crippen molar-refractivity contribution in [3.05, 3.63) is 114 Å². The number of carbonyl (C=O) groups is 3. The van der Waals surface area contributed by atoms with Crippen molar-refractivity contribution < 1.29 is 37.9 Å². The first kappa shape index (κ1) is 61.5. The van der Waals surface area contributed by atoms with Crippen LogP contribution in [0, 0.1) is 13.8 Å². The Bertz CT molecular complexity index is 3670. The molecule has 3 fully saturated rings. The number of aryl methyl sites for hydroxylation is 2. The molecule has 2 amide bonds. The molecule has 0 radical (unpaired) electrons. The Morgan fingerprint density at radius 2 is 1.14 bits per heavy atom. The Morgan fingerprint density at radius 1 is 0.659 bits per heavy atom. The summed E-state index contributed by atoms with van der Waals surface area (Å²) < 4.78 is 33.2. The smallest absolute Gasteiger partial charge is 0.444 e. The number of pyridine rings is 4. The fraction of sp³-hybridized carbons (Fsp3) is 0.459. The number of nitrogens with zero attached hydrogens (tertiary/aromatic N) is 11. The van der Waals surface area contributed by atoms with Crippen molar-refractivity contribution in [2.45, 2.75) is 157 Å². The molecule has 0 aliphatic carbocycles. The number of hydrogen-bond acceptors (Lipinski definition) is 16. The topological polar surface area (TPSA) is 235 Å². The number of aromatic nitrogens is 10. The highest BCUT2D eigenvalue weighted by atomic mass is 35.5. The van der Waals surface area contributed by atoms with Crippen LogP contribution in [-0.4, -0.2) is 150 Å². The van der Waals surface area contributed by atoms with Gasteiger partial charge in [-0.2, -0.15) is 14.9 Å². The van der Waals surface area contributed by atoms with E-state index in [-0.39, 0.29) is 24.3 Å². The van der Waals surface area contributed by atoms with E-state index in [2.05, 4.69) is 59.5 Å². The molecule has 85 heavy (non-hydrogen) atoms. The van der Waals surface area contributed by atoms with E-state index in [0.29, 0.717) is 36.7 Å². The van der Waals surface area contributed by atoms with Gasteiger partial charge in [-0.1, -0.05) is 23.7 Å². The van der Waals surface area contributed by atoms with E-state index in [4.69, 9.17) is 45.1 Å². The van der Waals surface area contributed by atoms with Crippen LogP contribution < -0.4 is 16.1 Å². The van der Waals surface area contributed by atoms with Gasteiger partial charge < -0.3 is 44.0 Å².